The first-order valence-corrected chi connectivity index (χ1v) is 14.0. The van der Waals surface area contributed by atoms with E-state index in [-0.39, 0.29) is 53.3 Å². The lowest BCUT2D eigenvalue weighted by molar-refractivity contribution is -0.121. The van der Waals surface area contributed by atoms with Crippen LogP contribution in [0.5, 0.6) is 0 Å². The summed E-state index contributed by atoms with van der Waals surface area (Å²) in [4.78, 5) is 27.6. The maximum Gasteiger partial charge on any atom is 0.269 e. The number of nitrogens with zero attached hydrogens (tertiary/aromatic N) is 3. The van der Waals surface area contributed by atoms with Crippen molar-refractivity contribution in [1.82, 2.24) is 25.3 Å². The number of aromatic nitrogens is 2. The number of nitrogens with one attached hydrogen (secondary N) is 2. The van der Waals surface area contributed by atoms with Crippen molar-refractivity contribution in [3.8, 4) is 0 Å². The highest BCUT2D eigenvalue weighted by Gasteiger charge is 2.36. The summed E-state index contributed by atoms with van der Waals surface area (Å²) in [5.74, 6) is -0.685. The molecular weight excluding hydrogens is 454 g/mol. The first-order valence-electron chi connectivity index (χ1n) is 12.2. The van der Waals surface area contributed by atoms with Gasteiger partial charge in [0.25, 0.3) is 5.91 Å². The fourth-order valence-electron chi connectivity index (χ4n) is 4.40. The minimum atomic E-state index is -3.18. The van der Waals surface area contributed by atoms with Crippen LogP contribution < -0.4 is 10.6 Å². The Morgan fingerprint density at radius 2 is 1.91 bits per heavy atom. The number of rotatable bonds is 9. The van der Waals surface area contributed by atoms with E-state index in [0.29, 0.717) is 18.2 Å². The molecule has 34 heavy (non-hydrogen) atoms. The number of sulfone groups is 1. The first kappa shape index (κ1) is 28.3. The quantitative estimate of drug-likeness (QED) is 0.539. The number of amides is 2. The van der Waals surface area contributed by atoms with Crippen LogP contribution in [0.25, 0.3) is 0 Å². The van der Waals surface area contributed by atoms with Gasteiger partial charge in [-0.05, 0) is 52.1 Å². The summed E-state index contributed by atoms with van der Waals surface area (Å²) in [5.41, 5.74) is 0.999. The predicted molar refractivity (Wildman–Crippen MR) is 135 cm³/mol. The van der Waals surface area contributed by atoms with Crippen LogP contribution in [0.4, 0.5) is 0 Å². The average Bonchev–Trinajstić information content (AvgIpc) is 3.14. The predicted octanol–water partition coefficient (Wildman–Crippen LogP) is 1.88. The molecule has 9 nitrogen and oxygen atoms in total. The van der Waals surface area contributed by atoms with E-state index >= 15 is 0 Å². The van der Waals surface area contributed by atoms with Crippen molar-refractivity contribution in [3.63, 3.8) is 0 Å². The summed E-state index contributed by atoms with van der Waals surface area (Å²) in [7, 11) is 0.589. The van der Waals surface area contributed by atoms with Gasteiger partial charge >= 0.3 is 0 Å². The molecule has 0 saturated heterocycles. The second-order valence-corrected chi connectivity index (χ2v) is 13.2. The fourth-order valence-corrected chi connectivity index (χ4v) is 5.66. The van der Waals surface area contributed by atoms with Gasteiger partial charge in [0.05, 0.1) is 18.0 Å². The summed E-state index contributed by atoms with van der Waals surface area (Å²) in [6.45, 7) is 11.8. The van der Waals surface area contributed by atoms with Crippen LogP contribution in [-0.2, 0) is 27.1 Å². The molecule has 2 amide bonds. The van der Waals surface area contributed by atoms with Crippen LogP contribution in [0.3, 0.4) is 0 Å². The standard InChI is InChI=1S/C24H43N5O4S/c1-9-34(32,33)15-17-12-18(28(7)16(2)3)10-11-19(17)26-22(30)14-25-23(31)20-13-21(24(4,5)6)27-29(20)8/h13,16-19H,9-12,14-15H2,1-8H3,(H,25,31)(H,26,30)/t17-,18-,19+/m1/s1. The van der Waals surface area contributed by atoms with Gasteiger partial charge in [-0.1, -0.05) is 27.7 Å². The van der Waals surface area contributed by atoms with Gasteiger partial charge in [-0.3, -0.25) is 14.3 Å². The largest absolute Gasteiger partial charge is 0.352 e. The molecule has 10 heteroatoms. The topological polar surface area (TPSA) is 113 Å². The summed E-state index contributed by atoms with van der Waals surface area (Å²) >= 11 is 0. The van der Waals surface area contributed by atoms with Crippen molar-refractivity contribution in [3.05, 3.63) is 17.5 Å². The molecule has 194 valence electrons. The normalized spacial score (nSPS) is 21.6. The fraction of sp³-hybridized carbons (Fsp3) is 0.792. The molecule has 1 aliphatic carbocycles. The zero-order valence-corrected chi connectivity index (χ0v) is 22.8. The molecule has 0 aromatic carbocycles. The van der Waals surface area contributed by atoms with Gasteiger partial charge in [-0.25, -0.2) is 8.42 Å². The third kappa shape index (κ3) is 7.53. The molecule has 0 radical (unpaired) electrons. The van der Waals surface area contributed by atoms with Crippen LogP contribution in [0.2, 0.25) is 0 Å². The monoisotopic (exact) mass is 497 g/mol. The lowest BCUT2D eigenvalue weighted by atomic mass is 9.81. The van der Waals surface area contributed by atoms with E-state index in [4.69, 9.17) is 0 Å². The molecule has 1 saturated carbocycles. The van der Waals surface area contributed by atoms with Gasteiger partial charge in [-0.15, -0.1) is 0 Å². The van der Waals surface area contributed by atoms with E-state index in [1.807, 2.05) is 20.8 Å². The lowest BCUT2D eigenvalue weighted by Gasteiger charge is -2.41. The Balaban J connectivity index is 2.02. The molecular formula is C24H43N5O4S. The van der Waals surface area contributed by atoms with Gasteiger partial charge in [-0.2, -0.15) is 5.10 Å². The van der Waals surface area contributed by atoms with E-state index < -0.39 is 9.84 Å². The van der Waals surface area contributed by atoms with Crippen LogP contribution in [0.1, 0.15) is 77.0 Å². The number of hydrogen-bond donors (Lipinski definition) is 2. The van der Waals surface area contributed by atoms with Gasteiger partial charge in [0.1, 0.15) is 15.5 Å². The molecule has 0 aliphatic heterocycles. The molecule has 0 unspecified atom stereocenters. The Labute approximate surface area is 205 Å². The molecule has 1 aromatic rings. The Morgan fingerprint density at radius 3 is 2.44 bits per heavy atom. The SMILES string of the molecule is CCS(=O)(=O)C[C@H]1C[C@H](N(C)C(C)C)CC[C@@H]1NC(=O)CNC(=O)c1cc(C(C)(C)C)nn1C. The summed E-state index contributed by atoms with van der Waals surface area (Å²) in [5, 5.41) is 10.1. The molecule has 2 rings (SSSR count). The molecule has 2 N–H and O–H groups in total. The highest BCUT2D eigenvalue weighted by molar-refractivity contribution is 7.91. The minimum Gasteiger partial charge on any atom is -0.352 e. The molecule has 3 atom stereocenters. The molecule has 1 aliphatic rings. The van der Waals surface area contributed by atoms with Crippen LogP contribution in [0, 0.1) is 5.92 Å². The van der Waals surface area contributed by atoms with Crippen molar-refractivity contribution < 1.29 is 18.0 Å². The van der Waals surface area contributed by atoms with Gasteiger partial charge in [0.15, 0.2) is 0 Å². The van der Waals surface area contributed by atoms with Crippen molar-refractivity contribution in [2.75, 3.05) is 25.1 Å². The van der Waals surface area contributed by atoms with Crippen molar-refractivity contribution in [2.24, 2.45) is 13.0 Å². The molecule has 0 spiro atoms. The average molecular weight is 498 g/mol. The third-order valence-electron chi connectivity index (χ3n) is 6.89. The second-order valence-electron chi connectivity index (χ2n) is 10.8. The summed E-state index contributed by atoms with van der Waals surface area (Å²) < 4.78 is 26.3. The van der Waals surface area contributed by atoms with Gasteiger partial charge in [0, 0.05) is 36.3 Å². The maximum atomic E-state index is 12.7. The van der Waals surface area contributed by atoms with Crippen LogP contribution in [-0.4, -0.2) is 78.1 Å². The lowest BCUT2D eigenvalue weighted by Crippen LogP contribution is -2.52. The first-order chi connectivity index (χ1) is 15.6. The number of aryl methyl sites for hydroxylation is 1. The van der Waals surface area contributed by atoms with Crippen LogP contribution >= 0.6 is 0 Å². The zero-order valence-electron chi connectivity index (χ0n) is 22.0. The molecule has 1 fully saturated rings. The van der Waals surface area contributed by atoms with E-state index in [0.717, 1.165) is 18.5 Å². The molecule has 1 heterocycles. The van der Waals surface area contributed by atoms with E-state index in [9.17, 15) is 18.0 Å². The Hall–Kier alpha value is -1.94. The highest BCUT2D eigenvalue weighted by Crippen LogP contribution is 2.30. The third-order valence-corrected chi connectivity index (χ3v) is 8.71. The molecule has 0 bridgehead atoms. The van der Waals surface area contributed by atoms with Crippen molar-refractivity contribution in [1.29, 1.82) is 0 Å². The Bertz CT molecular complexity index is 964. The van der Waals surface area contributed by atoms with Crippen LogP contribution in [0.15, 0.2) is 6.07 Å². The van der Waals surface area contributed by atoms with E-state index in [1.165, 1.54) is 4.68 Å². The van der Waals surface area contributed by atoms with Crippen molar-refractivity contribution >= 4 is 21.7 Å². The van der Waals surface area contributed by atoms with Gasteiger partial charge < -0.3 is 15.5 Å². The number of carbonyl (C=O) groups excluding carboxylic acids is 2. The zero-order chi connectivity index (χ0) is 25.8. The van der Waals surface area contributed by atoms with E-state index in [1.54, 1.807) is 20.0 Å². The number of carbonyl (C=O) groups is 2. The molecule has 1 aromatic heterocycles. The highest BCUT2D eigenvalue weighted by atomic mass is 32.2. The second kappa shape index (κ2) is 11.2. The van der Waals surface area contributed by atoms with E-state index in [2.05, 4.69) is 41.5 Å². The smallest absolute Gasteiger partial charge is 0.269 e. The maximum absolute atomic E-state index is 12.7. The summed E-state index contributed by atoms with van der Waals surface area (Å²) in [6, 6.07) is 2.16. The van der Waals surface area contributed by atoms with Gasteiger partial charge in [0.2, 0.25) is 5.91 Å². The number of hydrogen-bond acceptors (Lipinski definition) is 6. The Kier molecular flexibility index (Phi) is 9.32. The summed E-state index contributed by atoms with van der Waals surface area (Å²) in [6.07, 6.45) is 2.32. The Morgan fingerprint density at radius 1 is 1.26 bits per heavy atom. The minimum absolute atomic E-state index is 0.0633. The van der Waals surface area contributed by atoms with Crippen molar-refractivity contribution in [2.45, 2.75) is 84.3 Å².